The molecule has 0 aliphatic rings. The molecule has 7 nitrogen and oxygen atoms in total. The Kier molecular flexibility index (Phi) is 4.96. The average molecular weight is 310 g/mol. The van der Waals surface area contributed by atoms with E-state index >= 15 is 0 Å². The number of nitriles is 2. The van der Waals surface area contributed by atoms with E-state index in [1.807, 2.05) is 6.07 Å². The van der Waals surface area contributed by atoms with Gasteiger partial charge < -0.3 is 4.74 Å². The van der Waals surface area contributed by atoms with E-state index in [0.29, 0.717) is 17.9 Å². The maximum Gasteiger partial charge on any atom is 0.331 e. The summed E-state index contributed by atoms with van der Waals surface area (Å²) in [6.45, 7) is 2.25. The standard InChI is InChI=1S/C16H14N4O3/c1-2-19-11-13(10-18)15(21)20(16(19)22)7-8-23-14-5-3-12(9-17)4-6-14/h3-6,11H,2,7-8H2,1H3. The fourth-order valence-corrected chi connectivity index (χ4v) is 2.03. The predicted molar refractivity (Wildman–Crippen MR) is 82.0 cm³/mol. The van der Waals surface area contributed by atoms with E-state index in [1.165, 1.54) is 10.8 Å². The van der Waals surface area contributed by atoms with E-state index in [-0.39, 0.29) is 18.7 Å². The zero-order valence-electron chi connectivity index (χ0n) is 12.5. The van der Waals surface area contributed by atoms with Crippen molar-refractivity contribution in [2.24, 2.45) is 0 Å². The number of nitrogens with zero attached hydrogens (tertiary/aromatic N) is 4. The van der Waals surface area contributed by atoms with Crippen molar-refractivity contribution in [3.05, 3.63) is 62.4 Å². The molecular weight excluding hydrogens is 296 g/mol. The topological polar surface area (TPSA) is 101 Å². The first kappa shape index (κ1) is 16.1. The lowest BCUT2D eigenvalue weighted by Gasteiger charge is -2.10. The van der Waals surface area contributed by atoms with Crippen LogP contribution in [0.5, 0.6) is 5.75 Å². The lowest BCUT2D eigenvalue weighted by atomic mass is 10.2. The Labute approximate surface area is 132 Å². The van der Waals surface area contributed by atoms with E-state index in [9.17, 15) is 9.59 Å². The minimum Gasteiger partial charge on any atom is -0.492 e. The van der Waals surface area contributed by atoms with Crippen LogP contribution in [-0.4, -0.2) is 15.7 Å². The first-order valence-corrected chi connectivity index (χ1v) is 6.98. The summed E-state index contributed by atoms with van der Waals surface area (Å²) in [5.41, 5.74) is -0.656. The van der Waals surface area contributed by atoms with Crippen molar-refractivity contribution in [3.63, 3.8) is 0 Å². The fraction of sp³-hybridized carbons (Fsp3) is 0.250. The van der Waals surface area contributed by atoms with E-state index in [0.717, 1.165) is 4.57 Å². The van der Waals surface area contributed by atoms with Gasteiger partial charge in [0.15, 0.2) is 0 Å². The second-order valence-electron chi connectivity index (χ2n) is 4.66. The summed E-state index contributed by atoms with van der Waals surface area (Å²) in [4.78, 5) is 24.2. The van der Waals surface area contributed by atoms with Gasteiger partial charge in [-0.05, 0) is 31.2 Å². The van der Waals surface area contributed by atoms with Gasteiger partial charge in [0.2, 0.25) is 0 Å². The lowest BCUT2D eigenvalue weighted by molar-refractivity contribution is 0.291. The number of hydrogen-bond acceptors (Lipinski definition) is 5. The van der Waals surface area contributed by atoms with Crippen LogP contribution in [0.4, 0.5) is 0 Å². The van der Waals surface area contributed by atoms with Gasteiger partial charge in [0, 0.05) is 12.7 Å². The second kappa shape index (κ2) is 7.10. The zero-order valence-corrected chi connectivity index (χ0v) is 12.5. The molecule has 0 fully saturated rings. The highest BCUT2D eigenvalue weighted by Gasteiger charge is 2.10. The number of rotatable bonds is 5. The van der Waals surface area contributed by atoms with Crippen LogP contribution in [0.15, 0.2) is 40.1 Å². The van der Waals surface area contributed by atoms with Crippen molar-refractivity contribution in [1.29, 1.82) is 10.5 Å². The van der Waals surface area contributed by atoms with E-state index in [4.69, 9.17) is 15.3 Å². The molecule has 1 aromatic heterocycles. The first-order chi connectivity index (χ1) is 11.1. The van der Waals surface area contributed by atoms with Gasteiger partial charge in [0.25, 0.3) is 5.56 Å². The Morgan fingerprint density at radius 3 is 2.39 bits per heavy atom. The number of benzene rings is 1. The third-order valence-corrected chi connectivity index (χ3v) is 3.27. The molecule has 0 atom stereocenters. The summed E-state index contributed by atoms with van der Waals surface area (Å²) < 4.78 is 7.77. The Bertz CT molecular complexity index is 895. The van der Waals surface area contributed by atoms with Crippen LogP contribution in [0, 0.1) is 22.7 Å². The largest absolute Gasteiger partial charge is 0.492 e. The normalized spacial score (nSPS) is 9.87. The molecule has 23 heavy (non-hydrogen) atoms. The highest BCUT2D eigenvalue weighted by molar-refractivity contribution is 5.34. The summed E-state index contributed by atoms with van der Waals surface area (Å²) in [5.74, 6) is 0.532. The third kappa shape index (κ3) is 3.47. The molecule has 0 spiro atoms. The molecule has 116 valence electrons. The molecule has 0 N–H and O–H groups in total. The SMILES string of the molecule is CCn1cc(C#N)c(=O)n(CCOc2ccc(C#N)cc2)c1=O. The first-order valence-electron chi connectivity index (χ1n) is 6.98. The highest BCUT2D eigenvalue weighted by atomic mass is 16.5. The molecule has 7 heteroatoms. The van der Waals surface area contributed by atoms with Crippen molar-refractivity contribution >= 4 is 0 Å². The molecule has 0 saturated carbocycles. The van der Waals surface area contributed by atoms with Crippen LogP contribution in [0.3, 0.4) is 0 Å². The molecule has 0 aliphatic carbocycles. The molecule has 0 saturated heterocycles. The smallest absolute Gasteiger partial charge is 0.331 e. The van der Waals surface area contributed by atoms with Crippen LogP contribution in [0.1, 0.15) is 18.1 Å². The summed E-state index contributed by atoms with van der Waals surface area (Å²) in [5, 5.41) is 17.7. The lowest BCUT2D eigenvalue weighted by Crippen LogP contribution is -2.41. The predicted octanol–water partition coefficient (Wildman–Crippen LogP) is 0.852. The number of ether oxygens (including phenoxy) is 1. The van der Waals surface area contributed by atoms with Gasteiger partial charge in [-0.3, -0.25) is 13.9 Å². The molecule has 0 amide bonds. The van der Waals surface area contributed by atoms with Crippen LogP contribution in [0.2, 0.25) is 0 Å². The van der Waals surface area contributed by atoms with Gasteiger partial charge in [0.05, 0.1) is 18.2 Å². The van der Waals surface area contributed by atoms with Gasteiger partial charge in [-0.25, -0.2) is 4.79 Å². The summed E-state index contributed by atoms with van der Waals surface area (Å²) >= 11 is 0. The summed E-state index contributed by atoms with van der Waals surface area (Å²) in [6.07, 6.45) is 1.27. The molecule has 0 radical (unpaired) electrons. The van der Waals surface area contributed by atoms with Crippen LogP contribution < -0.4 is 16.0 Å². The zero-order chi connectivity index (χ0) is 16.8. The van der Waals surface area contributed by atoms with Gasteiger partial charge >= 0.3 is 5.69 Å². The van der Waals surface area contributed by atoms with E-state index in [2.05, 4.69) is 0 Å². The van der Waals surface area contributed by atoms with Crippen LogP contribution >= 0.6 is 0 Å². The van der Waals surface area contributed by atoms with Crippen LogP contribution in [-0.2, 0) is 13.1 Å². The maximum atomic E-state index is 12.1. The summed E-state index contributed by atoms with van der Waals surface area (Å²) in [6, 6.07) is 10.3. The molecule has 2 aromatic rings. The van der Waals surface area contributed by atoms with Crippen LogP contribution in [0.25, 0.3) is 0 Å². The Morgan fingerprint density at radius 1 is 1.13 bits per heavy atom. The van der Waals surface area contributed by atoms with Crippen molar-refractivity contribution in [2.45, 2.75) is 20.0 Å². The Morgan fingerprint density at radius 2 is 1.83 bits per heavy atom. The Balaban J connectivity index is 2.17. The molecule has 0 aliphatic heterocycles. The van der Waals surface area contributed by atoms with Crippen molar-refractivity contribution in [2.75, 3.05) is 6.61 Å². The molecule has 2 rings (SSSR count). The quantitative estimate of drug-likeness (QED) is 0.815. The van der Waals surface area contributed by atoms with Crippen molar-refractivity contribution < 1.29 is 4.74 Å². The minimum absolute atomic E-state index is 0.0349. The molecule has 1 heterocycles. The minimum atomic E-state index is -0.620. The van der Waals surface area contributed by atoms with Gasteiger partial charge in [-0.1, -0.05) is 0 Å². The van der Waals surface area contributed by atoms with E-state index in [1.54, 1.807) is 37.3 Å². The third-order valence-electron chi connectivity index (χ3n) is 3.27. The van der Waals surface area contributed by atoms with Gasteiger partial charge in [-0.2, -0.15) is 10.5 Å². The fourth-order valence-electron chi connectivity index (χ4n) is 2.03. The highest BCUT2D eigenvalue weighted by Crippen LogP contribution is 2.11. The molecule has 1 aromatic carbocycles. The van der Waals surface area contributed by atoms with Crippen molar-refractivity contribution in [1.82, 2.24) is 9.13 Å². The second-order valence-corrected chi connectivity index (χ2v) is 4.66. The Hall–Kier alpha value is -3.32. The average Bonchev–Trinajstić information content (AvgIpc) is 2.58. The van der Waals surface area contributed by atoms with Gasteiger partial charge in [0.1, 0.15) is 24.0 Å². The molecular formula is C16H14N4O3. The molecule has 0 unspecified atom stereocenters. The summed E-state index contributed by atoms with van der Waals surface area (Å²) in [7, 11) is 0. The number of hydrogen-bond donors (Lipinski definition) is 0. The van der Waals surface area contributed by atoms with Gasteiger partial charge in [-0.15, -0.1) is 0 Å². The molecule has 0 bridgehead atoms. The van der Waals surface area contributed by atoms with E-state index < -0.39 is 11.2 Å². The maximum absolute atomic E-state index is 12.1. The van der Waals surface area contributed by atoms with Crippen molar-refractivity contribution in [3.8, 4) is 17.9 Å². The number of aryl methyl sites for hydroxylation is 1. The monoisotopic (exact) mass is 310 g/mol. The number of aromatic nitrogens is 2.